The van der Waals surface area contributed by atoms with Gasteiger partial charge in [0.1, 0.15) is 0 Å². The van der Waals surface area contributed by atoms with Crippen molar-refractivity contribution in [2.24, 2.45) is 23.2 Å². The van der Waals surface area contributed by atoms with Crippen LogP contribution in [-0.2, 0) is 0 Å². The van der Waals surface area contributed by atoms with Gasteiger partial charge in [-0.1, -0.05) is 108 Å². The second-order valence-corrected chi connectivity index (χ2v) is 7.00. The van der Waals surface area contributed by atoms with Gasteiger partial charge in [-0.25, -0.2) is 0 Å². The van der Waals surface area contributed by atoms with Gasteiger partial charge in [0.2, 0.25) is 0 Å². The van der Waals surface area contributed by atoms with Gasteiger partial charge in [0.05, 0.1) is 0 Å². The van der Waals surface area contributed by atoms with Gasteiger partial charge < -0.3 is 0 Å². The van der Waals surface area contributed by atoms with E-state index in [2.05, 4.69) is 48.5 Å². The highest BCUT2D eigenvalue weighted by Crippen LogP contribution is 2.36. The molecule has 0 spiro atoms. The van der Waals surface area contributed by atoms with Crippen LogP contribution in [-0.4, -0.2) is 0 Å². The first kappa shape index (κ1) is 25.9. The maximum absolute atomic E-state index is 2.39. The Balaban J connectivity index is -0.000000295. The molecule has 0 heterocycles. The lowest BCUT2D eigenvalue weighted by molar-refractivity contribution is 0.151. The molecule has 0 nitrogen and oxygen atoms in total. The zero-order valence-electron chi connectivity index (χ0n) is 17.5. The SMILES string of the molecule is CC.CC.CCC1CC1.CCCC(C(C)CC)C(C)(C)C. The summed E-state index contributed by atoms with van der Waals surface area (Å²) in [6, 6.07) is 0. The van der Waals surface area contributed by atoms with Crippen LogP contribution < -0.4 is 0 Å². The van der Waals surface area contributed by atoms with E-state index in [9.17, 15) is 0 Å². The summed E-state index contributed by atoms with van der Waals surface area (Å²) in [5, 5.41) is 0. The van der Waals surface area contributed by atoms with Crippen molar-refractivity contribution in [2.75, 3.05) is 0 Å². The molecule has 2 atom stereocenters. The molecule has 2 unspecified atom stereocenters. The maximum Gasteiger partial charge on any atom is -0.0340 e. The van der Waals surface area contributed by atoms with E-state index in [1.165, 1.54) is 38.5 Å². The van der Waals surface area contributed by atoms with Crippen molar-refractivity contribution in [1.82, 2.24) is 0 Å². The Morgan fingerprint density at radius 2 is 1.33 bits per heavy atom. The van der Waals surface area contributed by atoms with Gasteiger partial charge in [0.15, 0.2) is 0 Å². The van der Waals surface area contributed by atoms with E-state index in [1.54, 1.807) is 0 Å². The number of hydrogen-bond donors (Lipinski definition) is 0. The van der Waals surface area contributed by atoms with Crippen molar-refractivity contribution in [1.29, 1.82) is 0 Å². The minimum absolute atomic E-state index is 0.492. The Bertz CT molecular complexity index is 171. The summed E-state index contributed by atoms with van der Waals surface area (Å²) in [7, 11) is 0. The Labute approximate surface area is 138 Å². The van der Waals surface area contributed by atoms with Crippen molar-refractivity contribution in [3.05, 3.63) is 0 Å². The predicted octanol–water partition coefficient (Wildman–Crippen LogP) is 8.35. The fraction of sp³-hybridized carbons (Fsp3) is 1.00. The molecule has 0 aromatic rings. The monoisotopic (exact) mass is 300 g/mol. The van der Waals surface area contributed by atoms with Crippen LogP contribution in [0.3, 0.4) is 0 Å². The highest BCUT2D eigenvalue weighted by molar-refractivity contribution is 4.77. The van der Waals surface area contributed by atoms with Crippen LogP contribution in [0.4, 0.5) is 0 Å². The minimum Gasteiger partial charge on any atom is -0.0683 e. The normalized spacial score (nSPS) is 16.1. The van der Waals surface area contributed by atoms with Crippen LogP contribution in [0.5, 0.6) is 0 Å². The molecular formula is C21H48. The van der Waals surface area contributed by atoms with Crippen LogP contribution in [0.25, 0.3) is 0 Å². The van der Waals surface area contributed by atoms with Gasteiger partial charge in [0, 0.05) is 0 Å². The third-order valence-corrected chi connectivity index (χ3v) is 4.32. The first-order valence-corrected chi connectivity index (χ1v) is 9.86. The molecule has 0 saturated heterocycles. The molecule has 1 aliphatic carbocycles. The lowest BCUT2D eigenvalue weighted by Crippen LogP contribution is -2.26. The van der Waals surface area contributed by atoms with E-state index in [-0.39, 0.29) is 0 Å². The van der Waals surface area contributed by atoms with E-state index in [0.717, 1.165) is 17.8 Å². The highest BCUT2D eigenvalue weighted by atomic mass is 14.3. The fourth-order valence-electron chi connectivity index (χ4n) is 2.69. The second-order valence-electron chi connectivity index (χ2n) is 7.00. The van der Waals surface area contributed by atoms with E-state index < -0.39 is 0 Å². The summed E-state index contributed by atoms with van der Waals surface area (Å²) in [6.07, 6.45) is 8.47. The number of hydrogen-bond acceptors (Lipinski definition) is 0. The van der Waals surface area contributed by atoms with E-state index >= 15 is 0 Å². The van der Waals surface area contributed by atoms with Crippen molar-refractivity contribution in [2.45, 2.75) is 115 Å². The van der Waals surface area contributed by atoms with Crippen molar-refractivity contribution < 1.29 is 0 Å². The minimum atomic E-state index is 0.492. The predicted molar refractivity (Wildman–Crippen MR) is 103 cm³/mol. The summed E-state index contributed by atoms with van der Waals surface area (Å²) in [4.78, 5) is 0. The molecule has 0 aromatic heterocycles. The topological polar surface area (TPSA) is 0 Å². The van der Waals surface area contributed by atoms with Gasteiger partial charge in [-0.15, -0.1) is 0 Å². The van der Waals surface area contributed by atoms with Crippen LogP contribution in [0.15, 0.2) is 0 Å². The summed E-state index contributed by atoms with van der Waals surface area (Å²) >= 11 is 0. The Hall–Kier alpha value is 0. The average Bonchev–Trinajstić information content (AvgIpc) is 3.32. The zero-order chi connectivity index (χ0) is 17.5. The van der Waals surface area contributed by atoms with Gasteiger partial charge in [-0.3, -0.25) is 0 Å². The Kier molecular flexibility index (Phi) is 20.2. The summed E-state index contributed by atoms with van der Waals surface area (Å²) < 4.78 is 0. The standard InChI is InChI=1S/C12H26.C5H10.2C2H6/c1-7-9-11(10(3)8-2)12(4,5)6;1-2-5-3-4-5;2*1-2/h10-11H,7-9H2,1-6H3;5H,2-4H2,1H3;2*1-2H3. The van der Waals surface area contributed by atoms with Crippen LogP contribution >= 0.6 is 0 Å². The molecule has 0 aliphatic heterocycles. The molecule has 21 heavy (non-hydrogen) atoms. The third-order valence-electron chi connectivity index (χ3n) is 4.32. The molecule has 1 saturated carbocycles. The van der Waals surface area contributed by atoms with Gasteiger partial charge in [-0.2, -0.15) is 0 Å². The largest absolute Gasteiger partial charge is 0.0683 e. The van der Waals surface area contributed by atoms with Crippen LogP contribution in [0.2, 0.25) is 0 Å². The van der Waals surface area contributed by atoms with Crippen LogP contribution in [0, 0.1) is 23.2 Å². The Morgan fingerprint density at radius 1 is 0.905 bits per heavy atom. The zero-order valence-corrected chi connectivity index (χ0v) is 17.5. The van der Waals surface area contributed by atoms with Crippen molar-refractivity contribution in [3.8, 4) is 0 Å². The van der Waals surface area contributed by atoms with Gasteiger partial charge >= 0.3 is 0 Å². The highest BCUT2D eigenvalue weighted by Gasteiger charge is 2.27. The molecule has 132 valence electrons. The Morgan fingerprint density at radius 3 is 1.48 bits per heavy atom. The first-order valence-electron chi connectivity index (χ1n) is 9.86. The van der Waals surface area contributed by atoms with Crippen molar-refractivity contribution >= 4 is 0 Å². The molecule has 1 rings (SSSR count). The maximum atomic E-state index is 2.39. The van der Waals surface area contributed by atoms with E-state index in [4.69, 9.17) is 0 Å². The van der Waals surface area contributed by atoms with Crippen LogP contribution in [0.1, 0.15) is 115 Å². The van der Waals surface area contributed by atoms with E-state index in [1.807, 2.05) is 27.7 Å². The molecule has 0 N–H and O–H groups in total. The molecule has 1 fully saturated rings. The summed E-state index contributed by atoms with van der Waals surface area (Å²) in [5.41, 5.74) is 0.492. The average molecular weight is 301 g/mol. The molecule has 0 aromatic carbocycles. The third kappa shape index (κ3) is 16.2. The first-order chi connectivity index (χ1) is 9.86. The van der Waals surface area contributed by atoms with Gasteiger partial charge in [0.25, 0.3) is 0 Å². The molecule has 0 heteroatoms. The van der Waals surface area contributed by atoms with Gasteiger partial charge in [-0.05, 0) is 29.6 Å². The fourth-order valence-corrected chi connectivity index (χ4v) is 2.69. The molecule has 0 amide bonds. The molecule has 1 aliphatic rings. The van der Waals surface area contributed by atoms with Crippen molar-refractivity contribution in [3.63, 3.8) is 0 Å². The molecule has 0 bridgehead atoms. The summed E-state index contributed by atoms with van der Waals surface area (Å²) in [6.45, 7) is 24.4. The lowest BCUT2D eigenvalue weighted by Gasteiger charge is -2.35. The summed E-state index contributed by atoms with van der Waals surface area (Å²) in [5.74, 6) is 2.91. The second kappa shape index (κ2) is 16.4. The lowest BCUT2D eigenvalue weighted by atomic mass is 9.71. The molecule has 0 radical (unpaired) electrons. The quantitative estimate of drug-likeness (QED) is 0.478. The smallest absolute Gasteiger partial charge is 0.0340 e. The van der Waals surface area contributed by atoms with E-state index in [0.29, 0.717) is 5.41 Å². The molecular weight excluding hydrogens is 252 g/mol. The number of rotatable bonds is 5.